The van der Waals surface area contributed by atoms with Crippen molar-refractivity contribution in [3.63, 3.8) is 0 Å². The number of anilines is 1. The summed E-state index contributed by atoms with van der Waals surface area (Å²) in [7, 11) is 3.02. The van der Waals surface area contributed by atoms with Crippen LogP contribution in [0.4, 0.5) is 5.69 Å². The Morgan fingerprint density at radius 2 is 1.69 bits per heavy atom. The second kappa shape index (κ2) is 12.1. The summed E-state index contributed by atoms with van der Waals surface area (Å²) in [6.07, 6.45) is 0. The molecule has 0 spiro atoms. The van der Waals surface area contributed by atoms with Crippen molar-refractivity contribution < 1.29 is 23.8 Å². The first-order valence-corrected chi connectivity index (χ1v) is 11.5. The van der Waals surface area contributed by atoms with Crippen molar-refractivity contribution >= 4 is 17.5 Å². The summed E-state index contributed by atoms with van der Waals surface area (Å²) >= 11 is 0. The average molecular weight is 481 g/mol. The van der Waals surface area contributed by atoms with Crippen molar-refractivity contribution in [1.82, 2.24) is 9.80 Å². The predicted molar refractivity (Wildman–Crippen MR) is 132 cm³/mol. The van der Waals surface area contributed by atoms with Gasteiger partial charge in [0.2, 0.25) is 0 Å². The monoisotopic (exact) mass is 480 g/mol. The van der Waals surface area contributed by atoms with Crippen LogP contribution in [0, 0.1) is 17.2 Å². The summed E-state index contributed by atoms with van der Waals surface area (Å²) in [5.74, 6) is 1.04. The van der Waals surface area contributed by atoms with E-state index in [4.69, 9.17) is 14.2 Å². The minimum atomic E-state index is -0.355. The number of piperazine rings is 1. The Morgan fingerprint density at radius 3 is 2.31 bits per heavy atom. The quantitative estimate of drug-likeness (QED) is 0.588. The Hall–Kier alpha value is -3.77. The van der Waals surface area contributed by atoms with Gasteiger partial charge in [0.1, 0.15) is 11.8 Å². The van der Waals surface area contributed by atoms with Crippen LogP contribution in [0.3, 0.4) is 0 Å². The predicted octanol–water partition coefficient (Wildman–Crippen LogP) is 3.03. The van der Waals surface area contributed by atoms with E-state index in [1.807, 2.05) is 19.9 Å². The normalized spacial score (nSPS) is 14.7. The molecule has 2 aromatic rings. The third kappa shape index (κ3) is 6.43. The van der Waals surface area contributed by atoms with Gasteiger partial charge in [-0.3, -0.25) is 14.5 Å². The van der Waals surface area contributed by atoms with E-state index in [1.54, 1.807) is 41.3 Å². The van der Waals surface area contributed by atoms with Crippen molar-refractivity contribution in [1.29, 1.82) is 5.26 Å². The maximum atomic E-state index is 13.1. The number of carbonyl (C=O) groups excluding carboxylic acids is 2. The van der Waals surface area contributed by atoms with Crippen LogP contribution < -0.4 is 19.5 Å². The van der Waals surface area contributed by atoms with E-state index in [2.05, 4.69) is 16.3 Å². The lowest BCUT2D eigenvalue weighted by atomic mass is 10.0. The fourth-order valence-corrected chi connectivity index (χ4v) is 4.04. The molecule has 9 heteroatoms. The zero-order valence-electron chi connectivity index (χ0n) is 20.6. The molecule has 186 valence electrons. The maximum Gasteiger partial charge on any atom is 0.262 e. The first kappa shape index (κ1) is 25.8. The molecule has 1 saturated heterocycles. The van der Waals surface area contributed by atoms with Crippen LogP contribution >= 0.6 is 0 Å². The number of hydrogen-bond donors (Lipinski definition) is 1. The molecule has 1 fully saturated rings. The highest BCUT2D eigenvalue weighted by Gasteiger charge is 2.28. The first-order valence-electron chi connectivity index (χ1n) is 11.5. The van der Waals surface area contributed by atoms with Gasteiger partial charge in [-0.2, -0.15) is 5.26 Å². The number of para-hydroxylation sites is 2. The zero-order valence-corrected chi connectivity index (χ0v) is 20.6. The first-order chi connectivity index (χ1) is 16.9. The topological polar surface area (TPSA) is 104 Å². The van der Waals surface area contributed by atoms with E-state index < -0.39 is 0 Å². The van der Waals surface area contributed by atoms with Gasteiger partial charge < -0.3 is 24.4 Å². The van der Waals surface area contributed by atoms with Gasteiger partial charge in [0, 0.05) is 31.7 Å². The third-order valence-corrected chi connectivity index (χ3v) is 5.91. The van der Waals surface area contributed by atoms with Gasteiger partial charge in [-0.05, 0) is 36.2 Å². The maximum absolute atomic E-state index is 13.1. The van der Waals surface area contributed by atoms with Gasteiger partial charge >= 0.3 is 0 Å². The molecule has 0 saturated carbocycles. The highest BCUT2D eigenvalue weighted by atomic mass is 16.5. The van der Waals surface area contributed by atoms with Crippen molar-refractivity contribution in [2.45, 2.75) is 19.9 Å². The zero-order chi connectivity index (χ0) is 25.4. The Morgan fingerprint density at radius 1 is 1.00 bits per heavy atom. The second-order valence-electron chi connectivity index (χ2n) is 8.55. The molecule has 0 bridgehead atoms. The summed E-state index contributed by atoms with van der Waals surface area (Å²) in [4.78, 5) is 29.3. The van der Waals surface area contributed by atoms with E-state index in [0.717, 1.165) is 0 Å². The molecule has 3 rings (SSSR count). The number of carbonyl (C=O) groups is 2. The number of benzene rings is 2. The molecule has 1 aliphatic rings. The largest absolute Gasteiger partial charge is 0.495 e. The number of ether oxygens (including phenoxy) is 3. The van der Waals surface area contributed by atoms with E-state index in [9.17, 15) is 14.9 Å². The van der Waals surface area contributed by atoms with Crippen molar-refractivity contribution in [3.8, 4) is 23.3 Å². The fourth-order valence-electron chi connectivity index (χ4n) is 4.04. The van der Waals surface area contributed by atoms with Gasteiger partial charge in [0.15, 0.2) is 18.1 Å². The van der Waals surface area contributed by atoms with Gasteiger partial charge in [0.05, 0.1) is 26.0 Å². The Bertz CT molecular complexity index is 1070. The Kier molecular flexibility index (Phi) is 8.92. The summed E-state index contributed by atoms with van der Waals surface area (Å²) in [6, 6.07) is 14.2. The summed E-state index contributed by atoms with van der Waals surface area (Å²) in [6.45, 7) is 6.23. The smallest absolute Gasteiger partial charge is 0.262 e. The number of nitriles is 1. The lowest BCUT2D eigenvalue weighted by Crippen LogP contribution is -2.52. The second-order valence-corrected chi connectivity index (χ2v) is 8.55. The third-order valence-electron chi connectivity index (χ3n) is 5.91. The number of methoxy groups -OCH3 is 2. The van der Waals surface area contributed by atoms with Crippen LogP contribution in [0.5, 0.6) is 17.2 Å². The van der Waals surface area contributed by atoms with Crippen LogP contribution in [0.1, 0.15) is 24.2 Å². The van der Waals surface area contributed by atoms with Crippen LogP contribution in [-0.4, -0.2) is 74.7 Å². The molecule has 2 aromatic carbocycles. The standard InChI is InChI=1S/C26H32N4O5/c1-18(2)21(16-27)29-11-13-30(14-12-29)26(32)19-9-10-23(24(15-19)34-4)35-17-25(31)28-20-7-5-6-8-22(20)33-3/h5-10,15,18,21H,11-14,17H2,1-4H3,(H,28,31). The summed E-state index contributed by atoms with van der Waals surface area (Å²) in [5.41, 5.74) is 1.02. The minimum absolute atomic E-state index is 0.110. The molecule has 1 aliphatic heterocycles. The molecular weight excluding hydrogens is 448 g/mol. The molecule has 2 amide bonds. The van der Waals surface area contributed by atoms with Crippen LogP contribution in [0.25, 0.3) is 0 Å². The summed E-state index contributed by atoms with van der Waals surface area (Å²) in [5, 5.41) is 12.2. The molecule has 9 nitrogen and oxygen atoms in total. The van der Waals surface area contributed by atoms with Crippen LogP contribution in [-0.2, 0) is 4.79 Å². The molecule has 1 unspecified atom stereocenters. The molecule has 0 aromatic heterocycles. The van der Waals surface area contributed by atoms with E-state index in [0.29, 0.717) is 54.7 Å². The minimum Gasteiger partial charge on any atom is -0.495 e. The van der Waals surface area contributed by atoms with E-state index in [-0.39, 0.29) is 30.4 Å². The molecule has 35 heavy (non-hydrogen) atoms. The lowest BCUT2D eigenvalue weighted by molar-refractivity contribution is -0.118. The molecule has 0 aliphatic carbocycles. The highest BCUT2D eigenvalue weighted by Crippen LogP contribution is 2.29. The number of nitrogens with zero attached hydrogens (tertiary/aromatic N) is 3. The molecule has 1 heterocycles. The highest BCUT2D eigenvalue weighted by molar-refractivity contribution is 5.95. The Labute approximate surface area is 206 Å². The van der Waals surface area contributed by atoms with E-state index in [1.165, 1.54) is 14.2 Å². The molecule has 0 radical (unpaired) electrons. The van der Waals surface area contributed by atoms with Crippen molar-refractivity contribution in [3.05, 3.63) is 48.0 Å². The van der Waals surface area contributed by atoms with Gasteiger partial charge in [-0.25, -0.2) is 0 Å². The van der Waals surface area contributed by atoms with Gasteiger partial charge in [0.25, 0.3) is 11.8 Å². The average Bonchev–Trinajstić information content (AvgIpc) is 2.88. The molecular formula is C26H32N4O5. The summed E-state index contributed by atoms with van der Waals surface area (Å²) < 4.78 is 16.3. The number of hydrogen-bond acceptors (Lipinski definition) is 7. The van der Waals surface area contributed by atoms with Crippen molar-refractivity contribution in [2.75, 3.05) is 52.3 Å². The van der Waals surface area contributed by atoms with Gasteiger partial charge in [-0.15, -0.1) is 0 Å². The number of rotatable bonds is 9. The SMILES string of the molecule is COc1ccccc1NC(=O)COc1ccc(C(=O)N2CCN(C(C#N)C(C)C)CC2)cc1OC. The number of amides is 2. The van der Waals surface area contributed by atoms with Crippen LogP contribution in [0.2, 0.25) is 0 Å². The lowest BCUT2D eigenvalue weighted by Gasteiger charge is -2.38. The Balaban J connectivity index is 1.59. The van der Waals surface area contributed by atoms with Gasteiger partial charge in [-0.1, -0.05) is 26.0 Å². The molecule has 1 N–H and O–H groups in total. The number of nitrogens with one attached hydrogen (secondary N) is 1. The van der Waals surface area contributed by atoms with E-state index >= 15 is 0 Å². The fraction of sp³-hybridized carbons (Fsp3) is 0.423. The molecule has 1 atom stereocenters. The van der Waals surface area contributed by atoms with Crippen molar-refractivity contribution in [2.24, 2.45) is 5.92 Å². The van der Waals surface area contributed by atoms with Crippen LogP contribution in [0.15, 0.2) is 42.5 Å².